The van der Waals surface area contributed by atoms with Gasteiger partial charge in [0.25, 0.3) is 5.56 Å². The van der Waals surface area contributed by atoms with Gasteiger partial charge >= 0.3 is 0 Å². The number of rotatable bonds is 5. The molecule has 2 aromatic heterocycles. The number of hydrogen-bond acceptors (Lipinski definition) is 5. The Morgan fingerprint density at radius 2 is 1.97 bits per heavy atom. The van der Waals surface area contributed by atoms with Gasteiger partial charge in [-0.3, -0.25) is 9.36 Å². The molecule has 0 spiro atoms. The fourth-order valence-electron chi connectivity index (χ4n) is 3.60. The van der Waals surface area contributed by atoms with Gasteiger partial charge in [0, 0.05) is 11.6 Å². The van der Waals surface area contributed by atoms with E-state index in [0.717, 1.165) is 11.6 Å². The molecule has 0 aliphatic heterocycles. The van der Waals surface area contributed by atoms with Crippen LogP contribution in [0.5, 0.6) is 0 Å². The highest BCUT2D eigenvalue weighted by atomic mass is 19.1. The van der Waals surface area contributed by atoms with Crippen LogP contribution in [0, 0.1) is 18.6 Å². The van der Waals surface area contributed by atoms with Crippen LogP contribution < -0.4 is 5.56 Å². The van der Waals surface area contributed by atoms with E-state index in [1.54, 1.807) is 19.1 Å². The molecule has 4 aromatic rings. The van der Waals surface area contributed by atoms with Gasteiger partial charge in [-0.15, -0.1) is 0 Å². The summed E-state index contributed by atoms with van der Waals surface area (Å²) in [5, 5.41) is 16.0. The van der Waals surface area contributed by atoms with E-state index in [1.165, 1.54) is 34.3 Å². The first-order valence-electron chi connectivity index (χ1n) is 9.27. The smallest absolute Gasteiger partial charge is 0.261 e. The Kier molecular flexibility index (Phi) is 4.90. The molecule has 0 aliphatic rings. The average Bonchev–Trinajstić information content (AvgIpc) is 3.21. The van der Waals surface area contributed by atoms with Crippen LogP contribution in [0.4, 0.5) is 8.78 Å². The van der Waals surface area contributed by atoms with Crippen molar-refractivity contribution in [2.24, 2.45) is 0 Å². The van der Waals surface area contributed by atoms with E-state index < -0.39 is 23.3 Å². The maximum absolute atomic E-state index is 14.7. The minimum absolute atomic E-state index is 0.164. The third-order valence-corrected chi connectivity index (χ3v) is 5.31. The van der Waals surface area contributed by atoms with Crippen LogP contribution in [0.1, 0.15) is 24.1 Å². The number of hydrogen-bond donors (Lipinski definition) is 1. The maximum Gasteiger partial charge on any atom is 0.261 e. The van der Waals surface area contributed by atoms with Crippen molar-refractivity contribution in [2.45, 2.75) is 32.0 Å². The lowest BCUT2D eigenvalue weighted by atomic mass is 9.86. The number of aryl methyl sites for hydroxylation is 1. The monoisotopic (exact) mass is 411 g/mol. The van der Waals surface area contributed by atoms with E-state index >= 15 is 0 Å². The third kappa shape index (κ3) is 3.37. The quantitative estimate of drug-likeness (QED) is 0.546. The molecule has 0 aliphatic carbocycles. The van der Waals surface area contributed by atoms with Crippen LogP contribution in [-0.2, 0) is 12.1 Å². The van der Waals surface area contributed by atoms with Crippen molar-refractivity contribution in [1.29, 1.82) is 0 Å². The molecule has 2 heterocycles. The zero-order chi connectivity index (χ0) is 21.5. The highest BCUT2D eigenvalue weighted by molar-refractivity contribution is 5.77. The van der Waals surface area contributed by atoms with E-state index in [0.29, 0.717) is 17.0 Å². The largest absolute Gasteiger partial charge is 0.381 e. The summed E-state index contributed by atoms with van der Waals surface area (Å²) in [7, 11) is 0. The molecule has 0 radical (unpaired) electrons. The van der Waals surface area contributed by atoms with Gasteiger partial charge in [0.1, 0.15) is 29.9 Å². The minimum atomic E-state index is -1.95. The van der Waals surface area contributed by atoms with Gasteiger partial charge in [-0.2, -0.15) is 5.10 Å². The molecule has 0 saturated carbocycles. The number of aromatic nitrogens is 5. The molecule has 0 amide bonds. The van der Waals surface area contributed by atoms with Gasteiger partial charge < -0.3 is 5.11 Å². The van der Waals surface area contributed by atoms with Crippen molar-refractivity contribution < 1.29 is 13.9 Å². The van der Waals surface area contributed by atoms with Crippen molar-refractivity contribution in [3.05, 3.63) is 88.5 Å². The summed E-state index contributed by atoms with van der Waals surface area (Å²) in [6, 6.07) is 7.25. The molecule has 2 aromatic carbocycles. The zero-order valence-corrected chi connectivity index (χ0v) is 16.3. The predicted octanol–water partition coefficient (Wildman–Crippen LogP) is 2.72. The Morgan fingerprint density at radius 3 is 2.67 bits per heavy atom. The molecule has 7 nitrogen and oxygen atoms in total. The van der Waals surface area contributed by atoms with Crippen LogP contribution >= 0.6 is 0 Å². The van der Waals surface area contributed by atoms with E-state index in [2.05, 4.69) is 15.1 Å². The summed E-state index contributed by atoms with van der Waals surface area (Å²) in [5.41, 5.74) is -1.09. The SMILES string of the molecule is Cc1ccc2ncn([C@H](C)[C@](O)(Cn3cncn3)c3ccc(F)cc3F)c(=O)c2c1. The highest BCUT2D eigenvalue weighted by Gasteiger charge is 2.41. The molecule has 30 heavy (non-hydrogen) atoms. The highest BCUT2D eigenvalue weighted by Crippen LogP contribution is 2.36. The van der Waals surface area contributed by atoms with Crippen molar-refractivity contribution >= 4 is 10.9 Å². The molecule has 154 valence electrons. The molecule has 4 rings (SSSR count). The summed E-state index contributed by atoms with van der Waals surface area (Å²) in [5.74, 6) is -1.70. The number of nitrogens with zero attached hydrogens (tertiary/aromatic N) is 5. The molecular formula is C21H19F2N5O2. The normalized spacial score (nSPS) is 14.6. The molecular weight excluding hydrogens is 392 g/mol. The molecule has 0 fully saturated rings. The van der Waals surface area contributed by atoms with Crippen LogP contribution in [0.25, 0.3) is 10.9 Å². The Morgan fingerprint density at radius 1 is 1.17 bits per heavy atom. The van der Waals surface area contributed by atoms with E-state index in [4.69, 9.17) is 0 Å². The van der Waals surface area contributed by atoms with Gasteiger partial charge in [0.2, 0.25) is 0 Å². The van der Waals surface area contributed by atoms with Gasteiger partial charge in [-0.1, -0.05) is 17.7 Å². The molecule has 2 atom stereocenters. The van der Waals surface area contributed by atoms with Crippen LogP contribution in [-0.4, -0.2) is 29.4 Å². The Hall–Kier alpha value is -3.46. The number of halogens is 2. The minimum Gasteiger partial charge on any atom is -0.381 e. The second kappa shape index (κ2) is 7.42. The fraction of sp³-hybridized carbons (Fsp3) is 0.238. The predicted molar refractivity (Wildman–Crippen MR) is 106 cm³/mol. The van der Waals surface area contributed by atoms with Crippen LogP contribution in [0.2, 0.25) is 0 Å². The van der Waals surface area contributed by atoms with Crippen molar-refractivity contribution in [1.82, 2.24) is 24.3 Å². The van der Waals surface area contributed by atoms with Crippen LogP contribution in [0.15, 0.2) is 60.2 Å². The lowest BCUT2D eigenvalue weighted by Gasteiger charge is -2.35. The molecule has 0 bridgehead atoms. The summed E-state index contributed by atoms with van der Waals surface area (Å²) in [6.45, 7) is 3.22. The first-order chi connectivity index (χ1) is 14.3. The number of fused-ring (bicyclic) bond motifs is 1. The topological polar surface area (TPSA) is 85.8 Å². The van der Waals surface area contributed by atoms with Crippen LogP contribution in [0.3, 0.4) is 0 Å². The molecule has 9 heteroatoms. The summed E-state index contributed by atoms with van der Waals surface area (Å²) in [6.07, 6.45) is 3.96. The van der Waals surface area contributed by atoms with Gasteiger partial charge in [0.05, 0.1) is 29.8 Å². The maximum atomic E-state index is 14.7. The van der Waals surface area contributed by atoms with Crippen molar-refractivity contribution in [3.63, 3.8) is 0 Å². The van der Waals surface area contributed by atoms with Crippen molar-refractivity contribution in [2.75, 3.05) is 0 Å². The first-order valence-corrected chi connectivity index (χ1v) is 9.27. The Bertz CT molecular complexity index is 1270. The lowest BCUT2D eigenvalue weighted by molar-refractivity contribution is -0.0343. The van der Waals surface area contributed by atoms with E-state index in [1.807, 2.05) is 13.0 Å². The summed E-state index contributed by atoms with van der Waals surface area (Å²) in [4.78, 5) is 21.3. The van der Waals surface area contributed by atoms with Crippen molar-refractivity contribution in [3.8, 4) is 0 Å². The standard InChI is InChI=1S/C21H19F2N5O2/c1-13-3-6-19-16(7-13)20(29)28(12-25-19)14(2)21(30,9-27-11-24-10-26-27)17-5-4-15(22)8-18(17)23/h3-8,10-12,14,30H,9H2,1-2H3/t14-,21-/m1/s1. The molecule has 0 saturated heterocycles. The van der Waals surface area contributed by atoms with E-state index in [9.17, 15) is 18.7 Å². The second-order valence-electron chi connectivity index (χ2n) is 7.30. The first kappa shape index (κ1) is 19.8. The van der Waals surface area contributed by atoms with Gasteiger partial charge in [-0.05, 0) is 32.0 Å². The second-order valence-corrected chi connectivity index (χ2v) is 7.30. The Labute approximate surface area is 170 Å². The average molecular weight is 411 g/mol. The summed E-state index contributed by atoms with van der Waals surface area (Å²) < 4.78 is 30.8. The summed E-state index contributed by atoms with van der Waals surface area (Å²) >= 11 is 0. The van der Waals surface area contributed by atoms with Gasteiger partial charge in [-0.25, -0.2) is 23.4 Å². The molecule has 1 N–H and O–H groups in total. The zero-order valence-electron chi connectivity index (χ0n) is 16.3. The fourth-order valence-corrected chi connectivity index (χ4v) is 3.60. The number of benzene rings is 2. The van der Waals surface area contributed by atoms with Gasteiger partial charge in [0.15, 0.2) is 0 Å². The Balaban J connectivity index is 1.90. The lowest BCUT2D eigenvalue weighted by Crippen LogP contribution is -2.43. The number of aliphatic hydroxyl groups is 1. The molecule has 0 unspecified atom stereocenters. The third-order valence-electron chi connectivity index (χ3n) is 5.31. The van der Waals surface area contributed by atoms with E-state index in [-0.39, 0.29) is 17.7 Å².